The number of anilines is 1. The van der Waals surface area contributed by atoms with Crippen LogP contribution in [0.1, 0.15) is 18.4 Å². The molecular formula is C19H28N4O2. The van der Waals surface area contributed by atoms with Crippen molar-refractivity contribution in [2.45, 2.75) is 19.8 Å². The molecule has 25 heavy (non-hydrogen) atoms. The highest BCUT2D eigenvalue weighted by atomic mass is 16.2. The number of aryl methyl sites for hydroxylation is 1. The second-order valence-corrected chi connectivity index (χ2v) is 6.54. The van der Waals surface area contributed by atoms with E-state index in [1.165, 1.54) is 0 Å². The van der Waals surface area contributed by atoms with Crippen LogP contribution >= 0.6 is 0 Å². The number of amides is 3. The summed E-state index contributed by atoms with van der Waals surface area (Å²) in [7, 11) is 0. The number of carbonyl (C=O) groups is 2. The van der Waals surface area contributed by atoms with Crippen LogP contribution in [-0.4, -0.2) is 49.6 Å². The second-order valence-electron chi connectivity index (χ2n) is 6.54. The molecule has 6 nitrogen and oxygen atoms in total. The molecule has 1 unspecified atom stereocenters. The van der Waals surface area contributed by atoms with Crippen molar-refractivity contribution >= 4 is 17.6 Å². The Morgan fingerprint density at radius 3 is 2.76 bits per heavy atom. The van der Waals surface area contributed by atoms with Crippen molar-refractivity contribution in [3.63, 3.8) is 0 Å². The van der Waals surface area contributed by atoms with Crippen molar-refractivity contribution in [3.05, 3.63) is 42.5 Å². The van der Waals surface area contributed by atoms with E-state index in [-0.39, 0.29) is 11.9 Å². The SMILES string of the molecule is C=CCNC(=O)CN1CCCC(CNC(=O)Nc2ccc(C)cc2)C1. The summed E-state index contributed by atoms with van der Waals surface area (Å²) in [5.74, 6) is 0.385. The molecule has 1 aliphatic rings. The zero-order valence-corrected chi connectivity index (χ0v) is 14.9. The fourth-order valence-corrected chi connectivity index (χ4v) is 2.96. The summed E-state index contributed by atoms with van der Waals surface area (Å²) in [6, 6.07) is 7.51. The Balaban J connectivity index is 1.70. The predicted octanol–water partition coefficient (Wildman–Crippen LogP) is 2.13. The molecule has 1 heterocycles. The van der Waals surface area contributed by atoms with Crippen molar-refractivity contribution in [2.24, 2.45) is 5.92 Å². The maximum Gasteiger partial charge on any atom is 0.319 e. The lowest BCUT2D eigenvalue weighted by Gasteiger charge is -2.32. The third-order valence-corrected chi connectivity index (χ3v) is 4.27. The van der Waals surface area contributed by atoms with Gasteiger partial charge in [0.2, 0.25) is 5.91 Å². The van der Waals surface area contributed by atoms with Crippen LogP contribution in [0.3, 0.4) is 0 Å². The van der Waals surface area contributed by atoms with Gasteiger partial charge in [-0.3, -0.25) is 9.69 Å². The van der Waals surface area contributed by atoms with Crippen LogP contribution in [0.25, 0.3) is 0 Å². The highest BCUT2D eigenvalue weighted by Gasteiger charge is 2.21. The minimum Gasteiger partial charge on any atom is -0.352 e. The zero-order valence-electron chi connectivity index (χ0n) is 14.9. The first-order chi connectivity index (χ1) is 12.1. The lowest BCUT2D eigenvalue weighted by Crippen LogP contribution is -2.45. The molecule has 0 aliphatic carbocycles. The Labute approximate surface area is 149 Å². The number of piperidine rings is 1. The standard InChI is InChI=1S/C19H28N4O2/c1-3-10-20-18(24)14-23-11-4-5-16(13-23)12-21-19(25)22-17-8-6-15(2)7-9-17/h3,6-9,16H,1,4-5,10-14H2,2H3,(H,20,24)(H2,21,22,25). The molecule has 0 radical (unpaired) electrons. The monoisotopic (exact) mass is 344 g/mol. The normalized spacial score (nSPS) is 17.6. The first-order valence-electron chi connectivity index (χ1n) is 8.78. The molecule has 1 fully saturated rings. The minimum atomic E-state index is -0.190. The Kier molecular flexibility index (Phi) is 7.47. The molecule has 136 valence electrons. The quantitative estimate of drug-likeness (QED) is 0.664. The molecule has 1 atom stereocenters. The molecule has 6 heteroatoms. The minimum absolute atomic E-state index is 0.0191. The Bertz CT molecular complexity index is 586. The maximum atomic E-state index is 12.0. The van der Waals surface area contributed by atoms with Gasteiger partial charge in [-0.1, -0.05) is 23.8 Å². The van der Waals surface area contributed by atoms with Crippen molar-refractivity contribution in [1.82, 2.24) is 15.5 Å². The lowest BCUT2D eigenvalue weighted by molar-refractivity contribution is -0.122. The van der Waals surface area contributed by atoms with Gasteiger partial charge in [-0.2, -0.15) is 0 Å². The average molecular weight is 344 g/mol. The van der Waals surface area contributed by atoms with Crippen LogP contribution in [0.4, 0.5) is 10.5 Å². The van der Waals surface area contributed by atoms with E-state index < -0.39 is 0 Å². The van der Waals surface area contributed by atoms with Crippen LogP contribution in [0.5, 0.6) is 0 Å². The summed E-state index contributed by atoms with van der Waals surface area (Å²) in [6.45, 7) is 8.87. The summed E-state index contributed by atoms with van der Waals surface area (Å²) >= 11 is 0. The summed E-state index contributed by atoms with van der Waals surface area (Å²) in [5.41, 5.74) is 1.94. The molecule has 1 aliphatic heterocycles. The topological polar surface area (TPSA) is 73.5 Å². The number of hydrogen-bond acceptors (Lipinski definition) is 3. The summed E-state index contributed by atoms with van der Waals surface area (Å²) < 4.78 is 0. The lowest BCUT2D eigenvalue weighted by atomic mass is 9.98. The molecule has 3 N–H and O–H groups in total. The number of nitrogens with one attached hydrogen (secondary N) is 3. The first-order valence-corrected chi connectivity index (χ1v) is 8.78. The third-order valence-electron chi connectivity index (χ3n) is 4.27. The van der Waals surface area contributed by atoms with Gasteiger partial charge in [0.1, 0.15) is 0 Å². The molecule has 2 rings (SSSR count). The number of hydrogen-bond donors (Lipinski definition) is 3. The number of benzene rings is 1. The predicted molar refractivity (Wildman–Crippen MR) is 101 cm³/mol. The van der Waals surface area contributed by atoms with Crippen molar-refractivity contribution in [1.29, 1.82) is 0 Å². The molecule has 1 aromatic rings. The van der Waals surface area contributed by atoms with E-state index in [1.807, 2.05) is 31.2 Å². The molecule has 1 saturated heterocycles. The highest BCUT2D eigenvalue weighted by molar-refractivity contribution is 5.89. The average Bonchev–Trinajstić information content (AvgIpc) is 2.60. The Hall–Kier alpha value is -2.34. The molecule has 1 aromatic carbocycles. The Morgan fingerprint density at radius 2 is 2.04 bits per heavy atom. The van der Waals surface area contributed by atoms with E-state index in [9.17, 15) is 9.59 Å². The van der Waals surface area contributed by atoms with Crippen LogP contribution in [0.15, 0.2) is 36.9 Å². The van der Waals surface area contributed by atoms with Gasteiger partial charge in [0, 0.05) is 25.3 Å². The fraction of sp³-hybridized carbons (Fsp3) is 0.474. The van der Waals surface area contributed by atoms with Gasteiger partial charge in [-0.05, 0) is 44.4 Å². The number of carbonyl (C=O) groups excluding carboxylic acids is 2. The van der Waals surface area contributed by atoms with Crippen molar-refractivity contribution < 1.29 is 9.59 Å². The smallest absolute Gasteiger partial charge is 0.319 e. The van der Waals surface area contributed by atoms with E-state index in [1.54, 1.807) is 6.08 Å². The van der Waals surface area contributed by atoms with E-state index in [4.69, 9.17) is 0 Å². The Morgan fingerprint density at radius 1 is 1.28 bits per heavy atom. The number of nitrogens with zero attached hydrogens (tertiary/aromatic N) is 1. The second kappa shape index (κ2) is 9.84. The van der Waals surface area contributed by atoms with E-state index in [2.05, 4.69) is 27.4 Å². The summed E-state index contributed by atoms with van der Waals surface area (Å²) in [5, 5.41) is 8.57. The van der Waals surface area contributed by atoms with Crippen molar-refractivity contribution in [3.8, 4) is 0 Å². The molecular weight excluding hydrogens is 316 g/mol. The van der Waals surface area contributed by atoms with Crippen molar-refractivity contribution in [2.75, 3.05) is 38.0 Å². The molecule has 3 amide bonds. The van der Waals surface area contributed by atoms with Gasteiger partial charge < -0.3 is 16.0 Å². The summed E-state index contributed by atoms with van der Waals surface area (Å²) in [6.07, 6.45) is 3.78. The van der Waals surface area contributed by atoms with Crippen LogP contribution < -0.4 is 16.0 Å². The largest absolute Gasteiger partial charge is 0.352 e. The van der Waals surface area contributed by atoms with Gasteiger partial charge >= 0.3 is 6.03 Å². The van der Waals surface area contributed by atoms with Gasteiger partial charge in [-0.25, -0.2) is 4.79 Å². The molecule has 0 spiro atoms. The van der Waals surface area contributed by atoms with E-state index in [0.29, 0.717) is 25.6 Å². The van der Waals surface area contributed by atoms with Gasteiger partial charge in [0.25, 0.3) is 0 Å². The van der Waals surface area contributed by atoms with Gasteiger partial charge in [0.05, 0.1) is 6.54 Å². The van der Waals surface area contributed by atoms with E-state index in [0.717, 1.165) is 37.2 Å². The van der Waals surface area contributed by atoms with Crippen LogP contribution in [-0.2, 0) is 4.79 Å². The molecule has 0 bridgehead atoms. The molecule has 0 aromatic heterocycles. The number of urea groups is 1. The van der Waals surface area contributed by atoms with Gasteiger partial charge in [0.15, 0.2) is 0 Å². The van der Waals surface area contributed by atoms with E-state index >= 15 is 0 Å². The van der Waals surface area contributed by atoms with Gasteiger partial charge in [-0.15, -0.1) is 6.58 Å². The van der Waals surface area contributed by atoms with Crippen LogP contribution in [0.2, 0.25) is 0 Å². The zero-order chi connectivity index (χ0) is 18.1. The number of likely N-dealkylation sites (tertiary alicyclic amines) is 1. The highest BCUT2D eigenvalue weighted by Crippen LogP contribution is 2.15. The number of rotatable bonds is 7. The molecule has 0 saturated carbocycles. The van der Waals surface area contributed by atoms with Crippen LogP contribution in [0, 0.1) is 12.8 Å². The third kappa shape index (κ3) is 6.97. The first kappa shape index (κ1) is 19.0. The maximum absolute atomic E-state index is 12.0. The fourth-order valence-electron chi connectivity index (χ4n) is 2.96. The summed E-state index contributed by atoms with van der Waals surface area (Å²) in [4.78, 5) is 25.9.